The van der Waals surface area contributed by atoms with Crippen molar-refractivity contribution >= 4 is 5.91 Å². The molecule has 3 heteroatoms. The fraction of sp³-hybridized carbons (Fsp3) is 0.381. The lowest BCUT2D eigenvalue weighted by Gasteiger charge is -2.26. The molecule has 2 aromatic carbocycles. The second-order valence-electron chi connectivity index (χ2n) is 6.75. The molecule has 0 heterocycles. The molecule has 3 rings (SSSR count). The van der Waals surface area contributed by atoms with Gasteiger partial charge in [-0.25, -0.2) is 0 Å². The molecule has 2 unspecified atom stereocenters. The first-order valence-electron chi connectivity index (χ1n) is 8.84. The van der Waals surface area contributed by atoms with Crippen molar-refractivity contribution in [3.05, 3.63) is 71.8 Å². The Kier molecular flexibility index (Phi) is 5.65. The number of hydrogen-bond acceptors (Lipinski definition) is 2. The predicted octanol–water partition coefficient (Wildman–Crippen LogP) is 3.39. The number of amides is 1. The highest BCUT2D eigenvalue weighted by atomic mass is 16.2. The van der Waals surface area contributed by atoms with Gasteiger partial charge in [0.05, 0.1) is 0 Å². The Bertz CT molecular complexity index is 641. The number of rotatable bonds is 6. The zero-order chi connectivity index (χ0) is 16.8. The van der Waals surface area contributed by atoms with Crippen molar-refractivity contribution in [3.63, 3.8) is 0 Å². The number of nitrogens with two attached hydrogens (primary N) is 1. The maximum atomic E-state index is 13.0. The summed E-state index contributed by atoms with van der Waals surface area (Å²) in [5.41, 5.74) is 8.46. The predicted molar refractivity (Wildman–Crippen MR) is 97.3 cm³/mol. The van der Waals surface area contributed by atoms with Gasteiger partial charge < -0.3 is 10.6 Å². The van der Waals surface area contributed by atoms with E-state index in [1.54, 1.807) is 0 Å². The molecule has 0 radical (unpaired) electrons. The van der Waals surface area contributed by atoms with Crippen molar-refractivity contribution in [2.45, 2.75) is 38.3 Å². The summed E-state index contributed by atoms with van der Waals surface area (Å²) in [6, 6.07) is 20.8. The third-order valence-corrected chi connectivity index (χ3v) is 4.86. The molecule has 1 amide bonds. The first kappa shape index (κ1) is 16.7. The molecule has 0 spiro atoms. The van der Waals surface area contributed by atoms with Crippen molar-refractivity contribution in [2.75, 3.05) is 6.54 Å². The third kappa shape index (κ3) is 4.45. The summed E-state index contributed by atoms with van der Waals surface area (Å²) in [7, 11) is 0. The minimum absolute atomic E-state index is 0.0967. The van der Waals surface area contributed by atoms with Crippen LogP contribution >= 0.6 is 0 Å². The van der Waals surface area contributed by atoms with Crippen LogP contribution in [-0.4, -0.2) is 23.4 Å². The van der Waals surface area contributed by atoms with E-state index in [0.29, 0.717) is 6.54 Å². The van der Waals surface area contributed by atoms with Gasteiger partial charge in [0.2, 0.25) is 5.91 Å². The molecule has 24 heavy (non-hydrogen) atoms. The normalized spacial score (nSPS) is 20.0. The van der Waals surface area contributed by atoms with Crippen LogP contribution in [-0.2, 0) is 17.8 Å². The monoisotopic (exact) mass is 322 g/mol. The average molecular weight is 322 g/mol. The summed E-state index contributed by atoms with van der Waals surface area (Å²) in [5.74, 6) is 0.363. The lowest BCUT2D eigenvalue weighted by Crippen LogP contribution is -2.37. The van der Waals surface area contributed by atoms with E-state index in [9.17, 15) is 4.79 Å². The lowest BCUT2D eigenvalue weighted by atomic mass is 10.0. The van der Waals surface area contributed by atoms with E-state index < -0.39 is 0 Å². The minimum Gasteiger partial charge on any atom is -0.338 e. The Hall–Kier alpha value is -2.13. The van der Waals surface area contributed by atoms with Gasteiger partial charge in [0.15, 0.2) is 0 Å². The Balaban J connectivity index is 1.69. The summed E-state index contributed by atoms with van der Waals surface area (Å²) in [4.78, 5) is 15.0. The Morgan fingerprint density at radius 3 is 2.17 bits per heavy atom. The van der Waals surface area contributed by atoms with Crippen LogP contribution in [0.25, 0.3) is 0 Å². The van der Waals surface area contributed by atoms with E-state index in [1.807, 2.05) is 29.2 Å². The Morgan fingerprint density at radius 1 is 0.958 bits per heavy atom. The molecule has 2 atom stereocenters. The van der Waals surface area contributed by atoms with Crippen LogP contribution in [0, 0.1) is 5.92 Å². The van der Waals surface area contributed by atoms with Crippen molar-refractivity contribution < 1.29 is 4.79 Å². The largest absolute Gasteiger partial charge is 0.338 e. The quantitative estimate of drug-likeness (QED) is 0.886. The molecule has 0 aromatic heterocycles. The molecule has 0 bridgehead atoms. The maximum absolute atomic E-state index is 13.0. The highest BCUT2D eigenvalue weighted by Gasteiger charge is 2.30. The minimum atomic E-state index is 0.0967. The van der Waals surface area contributed by atoms with Gasteiger partial charge in [0.25, 0.3) is 0 Å². The van der Waals surface area contributed by atoms with Crippen LogP contribution in [0.3, 0.4) is 0 Å². The fourth-order valence-corrected chi connectivity index (χ4v) is 3.48. The second kappa shape index (κ2) is 8.11. The third-order valence-electron chi connectivity index (χ3n) is 4.86. The molecule has 2 N–H and O–H groups in total. The molecule has 2 aromatic rings. The van der Waals surface area contributed by atoms with Crippen LogP contribution in [0.15, 0.2) is 60.7 Å². The van der Waals surface area contributed by atoms with E-state index in [-0.39, 0.29) is 17.9 Å². The number of carbonyl (C=O) groups excluding carboxylic acids is 1. The first-order valence-corrected chi connectivity index (χ1v) is 8.84. The summed E-state index contributed by atoms with van der Waals surface area (Å²) in [6.45, 7) is 1.43. The Morgan fingerprint density at radius 2 is 1.58 bits per heavy atom. The van der Waals surface area contributed by atoms with Gasteiger partial charge in [-0.05, 0) is 36.8 Å². The standard InChI is InChI=1S/C21H26N2O/c22-20-12-11-19(15-20)21(24)23(16-18-9-5-2-6-10-18)14-13-17-7-3-1-4-8-17/h1-10,19-20H,11-16,22H2. The van der Waals surface area contributed by atoms with Gasteiger partial charge in [-0.2, -0.15) is 0 Å². The van der Waals surface area contributed by atoms with E-state index >= 15 is 0 Å². The van der Waals surface area contributed by atoms with Gasteiger partial charge in [-0.15, -0.1) is 0 Å². The Labute approximate surface area is 144 Å². The molecule has 1 aliphatic carbocycles. The molecule has 0 saturated heterocycles. The van der Waals surface area contributed by atoms with E-state index in [0.717, 1.165) is 32.2 Å². The maximum Gasteiger partial charge on any atom is 0.226 e. The number of nitrogens with zero attached hydrogens (tertiary/aromatic N) is 1. The molecular weight excluding hydrogens is 296 g/mol. The highest BCUT2D eigenvalue weighted by Crippen LogP contribution is 2.26. The number of carbonyl (C=O) groups is 1. The summed E-state index contributed by atoms with van der Waals surface area (Å²) in [5, 5.41) is 0. The van der Waals surface area contributed by atoms with Crippen molar-refractivity contribution in [1.82, 2.24) is 4.90 Å². The molecular formula is C21H26N2O. The highest BCUT2D eigenvalue weighted by molar-refractivity contribution is 5.79. The van der Waals surface area contributed by atoms with Crippen LogP contribution in [0.1, 0.15) is 30.4 Å². The summed E-state index contributed by atoms with van der Waals surface area (Å²) in [6.07, 6.45) is 3.61. The van der Waals surface area contributed by atoms with Crippen LogP contribution < -0.4 is 5.73 Å². The smallest absolute Gasteiger partial charge is 0.226 e. The van der Waals surface area contributed by atoms with Gasteiger partial charge >= 0.3 is 0 Å². The fourth-order valence-electron chi connectivity index (χ4n) is 3.48. The molecule has 0 aliphatic heterocycles. The van der Waals surface area contributed by atoms with Crippen LogP contribution in [0.5, 0.6) is 0 Å². The van der Waals surface area contributed by atoms with Crippen LogP contribution in [0.2, 0.25) is 0 Å². The molecule has 1 fully saturated rings. The molecule has 126 valence electrons. The van der Waals surface area contributed by atoms with Gasteiger partial charge in [-0.1, -0.05) is 60.7 Å². The van der Waals surface area contributed by atoms with E-state index in [2.05, 4.69) is 36.4 Å². The van der Waals surface area contributed by atoms with Gasteiger partial charge in [0, 0.05) is 25.0 Å². The van der Waals surface area contributed by atoms with Crippen LogP contribution in [0.4, 0.5) is 0 Å². The average Bonchev–Trinajstić information content (AvgIpc) is 3.06. The zero-order valence-corrected chi connectivity index (χ0v) is 14.1. The molecule has 1 saturated carbocycles. The number of benzene rings is 2. The zero-order valence-electron chi connectivity index (χ0n) is 14.1. The molecule has 3 nitrogen and oxygen atoms in total. The summed E-state index contributed by atoms with van der Waals surface area (Å²) < 4.78 is 0. The topological polar surface area (TPSA) is 46.3 Å². The van der Waals surface area contributed by atoms with E-state index in [4.69, 9.17) is 5.73 Å². The van der Waals surface area contributed by atoms with Crippen molar-refractivity contribution in [3.8, 4) is 0 Å². The van der Waals surface area contributed by atoms with Crippen molar-refractivity contribution in [1.29, 1.82) is 0 Å². The molecule has 1 aliphatic rings. The SMILES string of the molecule is NC1CCC(C(=O)N(CCc2ccccc2)Cc2ccccc2)C1. The van der Waals surface area contributed by atoms with Gasteiger partial charge in [0.1, 0.15) is 0 Å². The second-order valence-corrected chi connectivity index (χ2v) is 6.75. The lowest BCUT2D eigenvalue weighted by molar-refractivity contribution is -0.136. The summed E-state index contributed by atoms with van der Waals surface area (Å²) >= 11 is 0. The van der Waals surface area contributed by atoms with Crippen molar-refractivity contribution in [2.24, 2.45) is 11.7 Å². The number of hydrogen-bond donors (Lipinski definition) is 1. The first-order chi connectivity index (χ1) is 11.7. The van der Waals surface area contributed by atoms with E-state index in [1.165, 1.54) is 11.1 Å². The van der Waals surface area contributed by atoms with Gasteiger partial charge in [-0.3, -0.25) is 4.79 Å².